The average Bonchev–Trinajstić information content (AvgIpc) is 3.00. The average molecular weight is 317 g/mol. The summed E-state index contributed by atoms with van der Waals surface area (Å²) in [6.07, 6.45) is 4.64. The Morgan fingerprint density at radius 3 is 2.61 bits per heavy atom. The first-order valence-corrected chi connectivity index (χ1v) is 7.65. The number of amides is 1. The highest BCUT2D eigenvalue weighted by Gasteiger charge is 2.17. The van der Waals surface area contributed by atoms with Gasteiger partial charge in [0.05, 0.1) is 11.7 Å². The number of benzene rings is 2. The van der Waals surface area contributed by atoms with Gasteiger partial charge in [0.15, 0.2) is 0 Å². The molecule has 0 unspecified atom stereocenters. The monoisotopic (exact) mass is 317 g/mol. The van der Waals surface area contributed by atoms with Crippen molar-refractivity contribution in [2.24, 2.45) is 0 Å². The van der Waals surface area contributed by atoms with Crippen LogP contribution in [0.25, 0.3) is 0 Å². The molecule has 0 aromatic heterocycles. The van der Waals surface area contributed by atoms with Crippen LogP contribution in [0.15, 0.2) is 42.5 Å². The van der Waals surface area contributed by atoms with Gasteiger partial charge in [0.1, 0.15) is 17.4 Å². The molecule has 0 aliphatic heterocycles. The van der Waals surface area contributed by atoms with Gasteiger partial charge < -0.3 is 10.1 Å². The number of carbonyl (C=O) groups is 1. The summed E-state index contributed by atoms with van der Waals surface area (Å²) in [5.74, 6) is -1.55. The van der Waals surface area contributed by atoms with Gasteiger partial charge in [-0.25, -0.2) is 8.78 Å². The second-order valence-electron chi connectivity index (χ2n) is 5.63. The smallest absolute Gasteiger partial charge is 0.258 e. The van der Waals surface area contributed by atoms with E-state index in [0.29, 0.717) is 17.5 Å². The third kappa shape index (κ3) is 3.86. The molecule has 1 saturated carbocycles. The Morgan fingerprint density at radius 1 is 1.09 bits per heavy atom. The Hall–Kier alpha value is -2.43. The summed E-state index contributed by atoms with van der Waals surface area (Å²) in [4.78, 5) is 12.1. The zero-order valence-corrected chi connectivity index (χ0v) is 12.5. The number of halogens is 2. The first-order valence-electron chi connectivity index (χ1n) is 7.65. The highest BCUT2D eigenvalue weighted by atomic mass is 19.1. The molecular formula is C18H17F2NO2. The van der Waals surface area contributed by atoms with E-state index < -0.39 is 17.5 Å². The quantitative estimate of drug-likeness (QED) is 0.899. The van der Waals surface area contributed by atoms with Crippen molar-refractivity contribution in [3.05, 3.63) is 59.7 Å². The second kappa shape index (κ2) is 6.77. The van der Waals surface area contributed by atoms with Crippen LogP contribution < -0.4 is 10.1 Å². The number of carbonyl (C=O) groups excluding carboxylic acids is 1. The first kappa shape index (κ1) is 15.5. The van der Waals surface area contributed by atoms with Crippen molar-refractivity contribution >= 4 is 11.6 Å². The SMILES string of the molecule is O=C(Nc1cccc(OC2CCCC2)c1)c1ccc(F)cc1F. The molecule has 0 radical (unpaired) electrons. The summed E-state index contributed by atoms with van der Waals surface area (Å²) in [6, 6.07) is 9.86. The third-order valence-corrected chi connectivity index (χ3v) is 3.87. The van der Waals surface area contributed by atoms with E-state index >= 15 is 0 Å². The minimum atomic E-state index is -0.888. The van der Waals surface area contributed by atoms with E-state index in [2.05, 4.69) is 5.32 Å². The van der Waals surface area contributed by atoms with Crippen molar-refractivity contribution in [3.8, 4) is 5.75 Å². The highest BCUT2D eigenvalue weighted by molar-refractivity contribution is 6.04. The van der Waals surface area contributed by atoms with Crippen LogP contribution in [0.5, 0.6) is 5.75 Å². The van der Waals surface area contributed by atoms with Crippen molar-refractivity contribution in [1.82, 2.24) is 0 Å². The van der Waals surface area contributed by atoms with Gasteiger partial charge in [-0.1, -0.05) is 6.07 Å². The predicted molar refractivity (Wildman–Crippen MR) is 83.6 cm³/mol. The molecular weight excluding hydrogens is 300 g/mol. The fourth-order valence-electron chi connectivity index (χ4n) is 2.72. The molecule has 1 aliphatic carbocycles. The van der Waals surface area contributed by atoms with Gasteiger partial charge in [-0.15, -0.1) is 0 Å². The van der Waals surface area contributed by atoms with Crippen molar-refractivity contribution in [1.29, 1.82) is 0 Å². The minimum Gasteiger partial charge on any atom is -0.490 e. The van der Waals surface area contributed by atoms with E-state index in [1.54, 1.807) is 18.2 Å². The predicted octanol–water partition coefficient (Wildman–Crippen LogP) is 4.54. The summed E-state index contributed by atoms with van der Waals surface area (Å²) in [6.45, 7) is 0. The highest BCUT2D eigenvalue weighted by Crippen LogP contribution is 2.26. The van der Waals surface area contributed by atoms with Crippen molar-refractivity contribution < 1.29 is 18.3 Å². The van der Waals surface area contributed by atoms with E-state index in [4.69, 9.17) is 4.74 Å². The Kier molecular flexibility index (Phi) is 4.55. The number of hydrogen-bond acceptors (Lipinski definition) is 2. The summed E-state index contributed by atoms with van der Waals surface area (Å²) >= 11 is 0. The lowest BCUT2D eigenvalue weighted by Gasteiger charge is -2.14. The van der Waals surface area contributed by atoms with Gasteiger partial charge in [0.2, 0.25) is 0 Å². The largest absolute Gasteiger partial charge is 0.490 e. The number of nitrogens with one attached hydrogen (secondary N) is 1. The molecule has 5 heteroatoms. The number of anilines is 1. The lowest BCUT2D eigenvalue weighted by molar-refractivity contribution is 0.102. The van der Waals surface area contributed by atoms with Crippen molar-refractivity contribution in [2.75, 3.05) is 5.32 Å². The first-order chi connectivity index (χ1) is 11.1. The van der Waals surface area contributed by atoms with Crippen LogP contribution in [0.3, 0.4) is 0 Å². The van der Waals surface area contributed by atoms with Crippen LogP contribution in [0.4, 0.5) is 14.5 Å². The Labute approximate surface area is 133 Å². The molecule has 0 spiro atoms. The fourth-order valence-corrected chi connectivity index (χ4v) is 2.72. The normalized spacial score (nSPS) is 14.7. The van der Waals surface area contributed by atoms with Crippen molar-refractivity contribution in [3.63, 3.8) is 0 Å². The third-order valence-electron chi connectivity index (χ3n) is 3.87. The Morgan fingerprint density at radius 2 is 1.87 bits per heavy atom. The van der Waals surface area contributed by atoms with Crippen LogP contribution in [-0.2, 0) is 0 Å². The molecule has 1 aliphatic rings. The van der Waals surface area contributed by atoms with Gasteiger partial charge in [-0.3, -0.25) is 4.79 Å². The van der Waals surface area contributed by atoms with Crippen LogP contribution in [0.2, 0.25) is 0 Å². The molecule has 1 amide bonds. The molecule has 2 aromatic rings. The van der Waals surface area contributed by atoms with Crippen LogP contribution >= 0.6 is 0 Å². The maximum Gasteiger partial charge on any atom is 0.258 e. The van der Waals surface area contributed by atoms with Gasteiger partial charge in [0.25, 0.3) is 5.91 Å². The fraction of sp³-hybridized carbons (Fsp3) is 0.278. The molecule has 23 heavy (non-hydrogen) atoms. The van der Waals surface area contributed by atoms with Crippen LogP contribution in [0, 0.1) is 11.6 Å². The molecule has 3 rings (SSSR count). The second-order valence-corrected chi connectivity index (χ2v) is 5.63. The lowest BCUT2D eigenvalue weighted by atomic mass is 10.2. The van der Waals surface area contributed by atoms with Gasteiger partial charge >= 0.3 is 0 Å². The molecule has 0 saturated heterocycles. The van der Waals surface area contributed by atoms with Gasteiger partial charge in [-0.2, -0.15) is 0 Å². The molecule has 2 aromatic carbocycles. The lowest BCUT2D eigenvalue weighted by Crippen LogP contribution is -2.14. The molecule has 3 nitrogen and oxygen atoms in total. The van der Waals surface area contributed by atoms with Gasteiger partial charge in [0, 0.05) is 17.8 Å². The molecule has 0 atom stereocenters. The van der Waals surface area contributed by atoms with E-state index in [0.717, 1.165) is 25.0 Å². The van der Waals surface area contributed by atoms with E-state index in [1.807, 2.05) is 6.07 Å². The molecule has 0 bridgehead atoms. The Balaban J connectivity index is 1.70. The summed E-state index contributed by atoms with van der Waals surface area (Å²) in [5, 5.41) is 2.60. The molecule has 120 valence electrons. The number of ether oxygens (including phenoxy) is 1. The summed E-state index contributed by atoms with van der Waals surface area (Å²) in [5.41, 5.74) is 0.308. The zero-order valence-electron chi connectivity index (χ0n) is 12.5. The summed E-state index contributed by atoms with van der Waals surface area (Å²) in [7, 11) is 0. The Bertz CT molecular complexity index is 712. The zero-order chi connectivity index (χ0) is 16.2. The standard InChI is InChI=1S/C18H17F2NO2/c19-12-8-9-16(17(20)10-12)18(22)21-13-4-3-7-15(11-13)23-14-5-1-2-6-14/h3-4,7-11,14H,1-2,5-6H2,(H,21,22). The number of rotatable bonds is 4. The van der Waals surface area contributed by atoms with Crippen LogP contribution in [-0.4, -0.2) is 12.0 Å². The van der Waals surface area contributed by atoms with Crippen LogP contribution in [0.1, 0.15) is 36.0 Å². The summed E-state index contributed by atoms with van der Waals surface area (Å²) < 4.78 is 32.4. The van der Waals surface area contributed by atoms with E-state index in [1.165, 1.54) is 12.8 Å². The molecule has 0 heterocycles. The molecule has 1 N–H and O–H groups in total. The topological polar surface area (TPSA) is 38.3 Å². The minimum absolute atomic E-state index is 0.200. The molecule has 1 fully saturated rings. The van der Waals surface area contributed by atoms with E-state index in [-0.39, 0.29) is 11.7 Å². The number of hydrogen-bond donors (Lipinski definition) is 1. The van der Waals surface area contributed by atoms with Gasteiger partial charge in [-0.05, 0) is 49.9 Å². The van der Waals surface area contributed by atoms with Crippen molar-refractivity contribution in [2.45, 2.75) is 31.8 Å². The maximum atomic E-state index is 13.6. The maximum absolute atomic E-state index is 13.6. The van der Waals surface area contributed by atoms with E-state index in [9.17, 15) is 13.6 Å².